The maximum absolute atomic E-state index is 9.89. The molecule has 1 unspecified atom stereocenters. The summed E-state index contributed by atoms with van der Waals surface area (Å²) in [6.45, 7) is 2.91. The fraction of sp³-hybridized carbons (Fsp3) is 0.400. The van der Waals surface area contributed by atoms with Crippen LogP contribution in [-0.2, 0) is 27.4 Å². The van der Waals surface area contributed by atoms with E-state index in [-0.39, 0.29) is 18.3 Å². The highest BCUT2D eigenvalue weighted by Gasteiger charge is 2.37. The van der Waals surface area contributed by atoms with Crippen LogP contribution in [0, 0.1) is 0 Å². The van der Waals surface area contributed by atoms with Crippen molar-refractivity contribution < 1.29 is 19.3 Å². The van der Waals surface area contributed by atoms with Crippen molar-refractivity contribution in [2.75, 3.05) is 0 Å². The van der Waals surface area contributed by atoms with Crippen molar-refractivity contribution in [1.29, 1.82) is 0 Å². The first-order chi connectivity index (χ1) is 11.7. The lowest BCUT2D eigenvalue weighted by atomic mass is 10.0. The first-order valence-electron chi connectivity index (χ1n) is 8.37. The van der Waals surface area contributed by atoms with Crippen molar-refractivity contribution in [3.05, 3.63) is 71.8 Å². The molecule has 1 aliphatic rings. The lowest BCUT2D eigenvalue weighted by Crippen LogP contribution is -2.49. The van der Waals surface area contributed by atoms with Gasteiger partial charge in [0.05, 0.1) is 25.4 Å². The van der Waals surface area contributed by atoms with E-state index in [2.05, 4.69) is 0 Å². The summed E-state index contributed by atoms with van der Waals surface area (Å²) in [6, 6.07) is 20.0. The van der Waals surface area contributed by atoms with Crippen LogP contribution in [0.1, 0.15) is 24.5 Å². The van der Waals surface area contributed by atoms with Crippen molar-refractivity contribution >= 4 is 0 Å². The summed E-state index contributed by atoms with van der Waals surface area (Å²) in [5, 5.41) is 9.89. The molecule has 1 aliphatic heterocycles. The zero-order valence-electron chi connectivity index (χ0n) is 13.9. The molecule has 4 nitrogen and oxygen atoms in total. The summed E-state index contributed by atoms with van der Waals surface area (Å²) < 4.78 is 17.6. The van der Waals surface area contributed by atoms with E-state index in [9.17, 15) is 5.11 Å². The Hall–Kier alpha value is -1.72. The van der Waals surface area contributed by atoms with Gasteiger partial charge < -0.3 is 19.3 Å². The summed E-state index contributed by atoms with van der Waals surface area (Å²) in [4.78, 5) is 0. The zero-order chi connectivity index (χ0) is 16.8. The maximum Gasteiger partial charge on any atom is 0.157 e. The molecule has 128 valence electrons. The van der Waals surface area contributed by atoms with E-state index < -0.39 is 6.29 Å². The van der Waals surface area contributed by atoms with E-state index in [4.69, 9.17) is 14.2 Å². The average Bonchev–Trinajstić information content (AvgIpc) is 2.61. The van der Waals surface area contributed by atoms with Crippen LogP contribution >= 0.6 is 0 Å². The van der Waals surface area contributed by atoms with E-state index in [0.717, 1.165) is 11.1 Å². The highest BCUT2D eigenvalue weighted by Crippen LogP contribution is 2.26. The van der Waals surface area contributed by atoms with Crippen LogP contribution in [0.5, 0.6) is 0 Å². The Balaban J connectivity index is 1.61. The molecule has 1 N–H and O–H groups in total. The molecule has 2 aromatic rings. The zero-order valence-corrected chi connectivity index (χ0v) is 13.9. The standard InChI is InChI=1S/C20H24O4/c1-15-20(23-14-17-10-6-3-7-11-17)18(12-19(21)24-15)22-13-16-8-4-2-5-9-16/h2-11,15,18-21H,12-14H2,1H3/t15-,18-,19?,20-/m0/s1. The Morgan fingerprint density at radius 1 is 0.917 bits per heavy atom. The van der Waals surface area contributed by atoms with Crippen LogP contribution in [0.4, 0.5) is 0 Å². The second-order valence-electron chi connectivity index (χ2n) is 6.13. The topological polar surface area (TPSA) is 47.9 Å². The normalized spacial score (nSPS) is 27.1. The molecule has 0 bridgehead atoms. The first kappa shape index (κ1) is 17.1. The predicted molar refractivity (Wildman–Crippen MR) is 91.2 cm³/mol. The van der Waals surface area contributed by atoms with Crippen LogP contribution in [0.25, 0.3) is 0 Å². The third-order valence-electron chi connectivity index (χ3n) is 4.23. The van der Waals surface area contributed by atoms with Gasteiger partial charge in [-0.1, -0.05) is 60.7 Å². The van der Waals surface area contributed by atoms with E-state index in [1.54, 1.807) is 0 Å². The highest BCUT2D eigenvalue weighted by molar-refractivity contribution is 5.14. The van der Waals surface area contributed by atoms with Crippen molar-refractivity contribution in [3.8, 4) is 0 Å². The molecule has 0 aliphatic carbocycles. The van der Waals surface area contributed by atoms with Gasteiger partial charge in [-0.2, -0.15) is 0 Å². The largest absolute Gasteiger partial charge is 0.371 e. The molecule has 4 atom stereocenters. The van der Waals surface area contributed by atoms with E-state index in [0.29, 0.717) is 19.6 Å². The minimum absolute atomic E-state index is 0.201. The highest BCUT2D eigenvalue weighted by atomic mass is 16.6. The van der Waals surface area contributed by atoms with Gasteiger partial charge in [0.25, 0.3) is 0 Å². The van der Waals surface area contributed by atoms with Gasteiger partial charge in [0.1, 0.15) is 6.10 Å². The van der Waals surface area contributed by atoms with Crippen LogP contribution in [0.3, 0.4) is 0 Å². The monoisotopic (exact) mass is 328 g/mol. The van der Waals surface area contributed by atoms with Crippen molar-refractivity contribution in [2.24, 2.45) is 0 Å². The van der Waals surface area contributed by atoms with Gasteiger partial charge in [0.15, 0.2) is 6.29 Å². The molecule has 1 heterocycles. The fourth-order valence-corrected chi connectivity index (χ4v) is 2.97. The SMILES string of the molecule is C[C@@H]1OC(O)C[C@H](OCc2ccccc2)[C@H]1OCc1ccccc1. The fourth-order valence-electron chi connectivity index (χ4n) is 2.97. The summed E-state index contributed by atoms with van der Waals surface area (Å²) in [6.07, 6.45) is -1.03. The molecule has 0 radical (unpaired) electrons. The van der Waals surface area contributed by atoms with Crippen LogP contribution in [-0.4, -0.2) is 29.7 Å². The molecular weight excluding hydrogens is 304 g/mol. The number of aliphatic hydroxyl groups is 1. The first-order valence-corrected chi connectivity index (χ1v) is 8.37. The Kier molecular flexibility index (Phi) is 5.99. The van der Waals surface area contributed by atoms with Crippen molar-refractivity contribution in [2.45, 2.75) is 51.2 Å². The quantitative estimate of drug-likeness (QED) is 0.884. The van der Waals surface area contributed by atoms with Gasteiger partial charge in [-0.25, -0.2) is 0 Å². The van der Waals surface area contributed by atoms with Crippen LogP contribution in [0.15, 0.2) is 60.7 Å². The van der Waals surface area contributed by atoms with Crippen LogP contribution < -0.4 is 0 Å². The summed E-state index contributed by atoms with van der Waals surface area (Å²) in [5.74, 6) is 0. The number of hydrogen-bond acceptors (Lipinski definition) is 4. The molecule has 3 rings (SSSR count). The molecule has 0 saturated carbocycles. The van der Waals surface area contributed by atoms with Gasteiger partial charge in [-0.15, -0.1) is 0 Å². The summed E-state index contributed by atoms with van der Waals surface area (Å²) >= 11 is 0. The minimum Gasteiger partial charge on any atom is -0.371 e. The lowest BCUT2D eigenvalue weighted by Gasteiger charge is -2.38. The van der Waals surface area contributed by atoms with Gasteiger partial charge in [0.2, 0.25) is 0 Å². The van der Waals surface area contributed by atoms with Crippen molar-refractivity contribution in [3.63, 3.8) is 0 Å². The number of rotatable bonds is 6. The second-order valence-corrected chi connectivity index (χ2v) is 6.13. The van der Waals surface area contributed by atoms with Gasteiger partial charge in [0, 0.05) is 6.42 Å². The Morgan fingerprint density at radius 2 is 1.46 bits per heavy atom. The van der Waals surface area contributed by atoms with E-state index in [1.165, 1.54) is 0 Å². The lowest BCUT2D eigenvalue weighted by molar-refractivity contribution is -0.251. The molecular formula is C20H24O4. The molecule has 0 aromatic heterocycles. The number of aliphatic hydroxyl groups excluding tert-OH is 1. The Labute approximate surface area is 143 Å². The van der Waals surface area contributed by atoms with E-state index >= 15 is 0 Å². The number of hydrogen-bond donors (Lipinski definition) is 1. The summed E-state index contributed by atoms with van der Waals surface area (Å²) in [7, 11) is 0. The molecule has 4 heteroatoms. The molecule has 1 fully saturated rings. The molecule has 0 spiro atoms. The second kappa shape index (κ2) is 8.40. The smallest absolute Gasteiger partial charge is 0.157 e. The van der Waals surface area contributed by atoms with Crippen LogP contribution in [0.2, 0.25) is 0 Å². The van der Waals surface area contributed by atoms with Crippen molar-refractivity contribution in [1.82, 2.24) is 0 Å². The molecule has 24 heavy (non-hydrogen) atoms. The van der Waals surface area contributed by atoms with Gasteiger partial charge in [-0.3, -0.25) is 0 Å². The van der Waals surface area contributed by atoms with Gasteiger partial charge in [-0.05, 0) is 18.1 Å². The number of ether oxygens (including phenoxy) is 3. The number of benzene rings is 2. The Morgan fingerprint density at radius 3 is 2.04 bits per heavy atom. The third-order valence-corrected chi connectivity index (χ3v) is 4.23. The van der Waals surface area contributed by atoms with E-state index in [1.807, 2.05) is 67.6 Å². The van der Waals surface area contributed by atoms with Gasteiger partial charge >= 0.3 is 0 Å². The molecule has 2 aromatic carbocycles. The average molecular weight is 328 g/mol. The summed E-state index contributed by atoms with van der Waals surface area (Å²) in [5.41, 5.74) is 2.21. The molecule has 1 saturated heterocycles. The third kappa shape index (κ3) is 4.65. The minimum atomic E-state index is -0.808. The maximum atomic E-state index is 9.89. The predicted octanol–water partition coefficient (Wildman–Crippen LogP) is 3.28. The molecule has 0 amide bonds. The Bertz CT molecular complexity index is 602.